The number of rotatable bonds is 35. The molecule has 0 aliphatic heterocycles. The summed E-state index contributed by atoms with van der Waals surface area (Å²) in [5.41, 5.74) is 0. The van der Waals surface area contributed by atoms with E-state index in [-0.39, 0.29) is 26.1 Å². The molecule has 0 rings (SSSR count). The van der Waals surface area contributed by atoms with E-state index in [1.165, 1.54) is 12.8 Å². The normalized spacial score (nSPS) is 14.2. The van der Waals surface area contributed by atoms with Crippen LogP contribution in [0.5, 0.6) is 0 Å². The molecule has 0 aliphatic rings. The van der Waals surface area contributed by atoms with Gasteiger partial charge in [-0.1, -0.05) is 132 Å². The average molecular weight is 735 g/mol. The molecule has 0 fully saturated rings. The van der Waals surface area contributed by atoms with E-state index in [1.807, 2.05) is 0 Å². The van der Waals surface area contributed by atoms with Gasteiger partial charge in [0.15, 0.2) is 6.10 Å². The second-order valence-corrected chi connectivity index (χ2v) is 14.0. The van der Waals surface area contributed by atoms with Crippen LogP contribution >= 0.6 is 7.82 Å². The van der Waals surface area contributed by atoms with Gasteiger partial charge in [0, 0.05) is 12.8 Å². The van der Waals surface area contributed by atoms with Crippen molar-refractivity contribution < 1.29 is 37.6 Å². The lowest BCUT2D eigenvalue weighted by atomic mass is 10.1. The number of allylic oxidation sites excluding steroid dienone is 12. The summed E-state index contributed by atoms with van der Waals surface area (Å²) < 4.78 is 32.5. The molecule has 0 bridgehead atoms. The van der Waals surface area contributed by atoms with E-state index in [4.69, 9.17) is 18.5 Å². The Labute approximate surface area is 311 Å². The lowest BCUT2D eigenvalue weighted by molar-refractivity contribution is -0.161. The van der Waals surface area contributed by atoms with Crippen LogP contribution < -0.4 is 0 Å². The van der Waals surface area contributed by atoms with Crippen molar-refractivity contribution in [1.29, 1.82) is 0 Å². The molecule has 0 aromatic heterocycles. The zero-order valence-electron chi connectivity index (χ0n) is 32.2. The van der Waals surface area contributed by atoms with Crippen molar-refractivity contribution in [3.8, 4) is 0 Å². The smallest absolute Gasteiger partial charge is 0.462 e. The second kappa shape index (κ2) is 37.3. The highest BCUT2D eigenvalue weighted by molar-refractivity contribution is 7.47. The van der Waals surface area contributed by atoms with E-state index in [9.17, 15) is 19.0 Å². The molecule has 0 saturated carbocycles. The van der Waals surface area contributed by atoms with Crippen molar-refractivity contribution in [3.63, 3.8) is 0 Å². The molecule has 1 N–H and O–H groups in total. The van der Waals surface area contributed by atoms with Crippen LogP contribution in [-0.2, 0) is 32.7 Å². The predicted octanol–water partition coefficient (Wildman–Crippen LogP) is 12.2. The minimum atomic E-state index is -4.29. The van der Waals surface area contributed by atoms with E-state index in [0.717, 1.165) is 103 Å². The van der Waals surface area contributed by atoms with Crippen molar-refractivity contribution in [2.24, 2.45) is 0 Å². The predicted molar refractivity (Wildman–Crippen MR) is 211 cm³/mol. The lowest BCUT2D eigenvalue weighted by Gasteiger charge is -2.19. The Morgan fingerprint density at radius 1 is 0.549 bits per heavy atom. The third-order valence-corrected chi connectivity index (χ3v) is 8.81. The van der Waals surface area contributed by atoms with Gasteiger partial charge in [-0.3, -0.25) is 18.6 Å². The van der Waals surface area contributed by atoms with Gasteiger partial charge in [0.25, 0.3) is 0 Å². The second-order valence-electron chi connectivity index (χ2n) is 12.6. The minimum Gasteiger partial charge on any atom is -0.462 e. The summed E-state index contributed by atoms with van der Waals surface area (Å²) in [4.78, 5) is 34.6. The number of hydrogen-bond donors (Lipinski definition) is 1. The standard InChI is InChI=1S/C42H71O8P/c1-4-7-9-11-13-15-17-19-21-22-23-25-27-29-31-33-35-37-42(44)50-40(39-49-51(45,46)48-6-3)38-47-41(43)36-34-32-30-28-26-24-20-18-16-14-12-10-8-5-2/h7,9,12-15,18-21,23,25,40H,4-6,8,10-11,16-17,22,24,26-39H2,1-3H3,(H,45,46)/b9-7-,14-12-,15-13-,20-18-,21-19-,25-23-. The zero-order valence-corrected chi connectivity index (χ0v) is 33.1. The fourth-order valence-corrected chi connectivity index (χ4v) is 5.63. The van der Waals surface area contributed by atoms with Crippen LogP contribution in [0.4, 0.5) is 0 Å². The van der Waals surface area contributed by atoms with Crippen molar-refractivity contribution >= 4 is 19.8 Å². The molecule has 0 radical (unpaired) electrons. The van der Waals surface area contributed by atoms with Crippen molar-refractivity contribution in [2.75, 3.05) is 19.8 Å². The van der Waals surface area contributed by atoms with Crippen LogP contribution in [0.25, 0.3) is 0 Å². The van der Waals surface area contributed by atoms with Crippen LogP contribution in [0.15, 0.2) is 72.9 Å². The van der Waals surface area contributed by atoms with Crippen LogP contribution in [-0.4, -0.2) is 42.8 Å². The zero-order chi connectivity index (χ0) is 37.5. The SMILES string of the molecule is CC/C=C\C/C=C\C/C=C\C/C=C\CCCCCCC(=O)OC(COC(=O)CCCCCCC/C=C\C/C=C\CCCC)COP(=O)(O)OCC. The first-order valence-electron chi connectivity index (χ1n) is 19.7. The molecule has 292 valence electrons. The van der Waals surface area contributed by atoms with E-state index < -0.39 is 32.5 Å². The number of carbonyl (C=O) groups excluding carboxylic acids is 2. The van der Waals surface area contributed by atoms with E-state index in [1.54, 1.807) is 6.92 Å². The number of esters is 2. The Kier molecular flexibility index (Phi) is 35.4. The molecule has 2 unspecified atom stereocenters. The van der Waals surface area contributed by atoms with Crippen molar-refractivity contribution in [2.45, 2.75) is 162 Å². The molecule has 0 aromatic carbocycles. The highest BCUT2D eigenvalue weighted by atomic mass is 31.2. The molecule has 8 nitrogen and oxygen atoms in total. The first-order chi connectivity index (χ1) is 24.8. The Morgan fingerprint density at radius 3 is 1.51 bits per heavy atom. The van der Waals surface area contributed by atoms with Crippen LogP contribution in [0, 0.1) is 0 Å². The summed E-state index contributed by atoms with van der Waals surface area (Å²) >= 11 is 0. The number of hydrogen-bond acceptors (Lipinski definition) is 7. The number of phosphoric ester groups is 1. The third-order valence-electron chi connectivity index (χ3n) is 7.75. The Balaban J connectivity index is 4.23. The largest absolute Gasteiger partial charge is 0.472 e. The van der Waals surface area contributed by atoms with Crippen LogP contribution in [0.2, 0.25) is 0 Å². The quantitative estimate of drug-likeness (QED) is 0.0297. The summed E-state index contributed by atoms with van der Waals surface area (Å²) in [7, 11) is -4.29. The molecule has 0 amide bonds. The highest BCUT2D eigenvalue weighted by Gasteiger charge is 2.25. The first-order valence-corrected chi connectivity index (χ1v) is 21.2. The van der Waals surface area contributed by atoms with Gasteiger partial charge in [-0.2, -0.15) is 0 Å². The lowest BCUT2D eigenvalue weighted by Crippen LogP contribution is -2.29. The minimum absolute atomic E-state index is 0.0109. The average Bonchev–Trinajstić information content (AvgIpc) is 3.10. The summed E-state index contributed by atoms with van der Waals surface area (Å²) in [5.74, 6) is -0.850. The van der Waals surface area contributed by atoms with Gasteiger partial charge >= 0.3 is 19.8 Å². The summed E-state index contributed by atoms with van der Waals surface area (Å²) in [6, 6.07) is 0. The van der Waals surface area contributed by atoms with Gasteiger partial charge in [0.2, 0.25) is 0 Å². The van der Waals surface area contributed by atoms with E-state index in [2.05, 4.69) is 86.8 Å². The maximum absolute atomic E-state index is 12.5. The van der Waals surface area contributed by atoms with Gasteiger partial charge in [0.05, 0.1) is 13.2 Å². The van der Waals surface area contributed by atoms with Crippen LogP contribution in [0.1, 0.15) is 156 Å². The Bertz CT molecular complexity index is 1060. The summed E-state index contributed by atoms with van der Waals surface area (Å²) in [5, 5.41) is 0. The summed E-state index contributed by atoms with van der Waals surface area (Å²) in [6.07, 6.45) is 45.2. The molecule has 2 atom stereocenters. The van der Waals surface area contributed by atoms with E-state index in [0.29, 0.717) is 6.42 Å². The maximum Gasteiger partial charge on any atom is 0.472 e. The maximum atomic E-state index is 12.5. The topological polar surface area (TPSA) is 108 Å². The molecule has 0 aromatic rings. The van der Waals surface area contributed by atoms with Crippen molar-refractivity contribution in [1.82, 2.24) is 0 Å². The third kappa shape index (κ3) is 37.1. The molecule has 0 aliphatic carbocycles. The van der Waals surface area contributed by atoms with Gasteiger partial charge in [-0.15, -0.1) is 0 Å². The monoisotopic (exact) mass is 734 g/mol. The van der Waals surface area contributed by atoms with Gasteiger partial charge < -0.3 is 14.4 Å². The van der Waals surface area contributed by atoms with Crippen molar-refractivity contribution in [3.05, 3.63) is 72.9 Å². The van der Waals surface area contributed by atoms with Gasteiger partial charge in [0.1, 0.15) is 6.61 Å². The Hall–Kier alpha value is -2.51. The molecule has 0 heterocycles. The first kappa shape index (κ1) is 48.5. The molecule has 51 heavy (non-hydrogen) atoms. The summed E-state index contributed by atoms with van der Waals surface area (Å²) in [6.45, 7) is 5.25. The number of carbonyl (C=O) groups is 2. The molecule has 0 spiro atoms. The number of ether oxygens (including phenoxy) is 2. The molecule has 0 saturated heterocycles. The van der Waals surface area contributed by atoms with E-state index >= 15 is 0 Å². The fraction of sp³-hybridized carbons (Fsp3) is 0.667. The van der Waals surface area contributed by atoms with Crippen LogP contribution in [0.3, 0.4) is 0 Å². The Morgan fingerprint density at radius 2 is 1.00 bits per heavy atom. The molecular formula is C42H71O8P. The highest BCUT2D eigenvalue weighted by Crippen LogP contribution is 2.43. The van der Waals surface area contributed by atoms with Gasteiger partial charge in [-0.05, 0) is 84.0 Å². The molecular weight excluding hydrogens is 663 g/mol. The van der Waals surface area contributed by atoms with Gasteiger partial charge in [-0.25, -0.2) is 4.57 Å². The fourth-order valence-electron chi connectivity index (χ4n) is 4.87. The number of phosphoric acid groups is 1. The number of unbranched alkanes of at least 4 members (excludes halogenated alkanes) is 11. The molecule has 9 heteroatoms.